The summed E-state index contributed by atoms with van der Waals surface area (Å²) in [5.74, 6) is -0.827. The molecule has 10 nitrogen and oxygen atoms in total. The largest absolute Gasteiger partial charge is 0.481 e. The Morgan fingerprint density at radius 2 is 1.18 bits per heavy atom. The first-order chi connectivity index (χ1) is 18.5. The molecule has 0 unspecified atom stereocenters. The number of carboxylic acid groups (broad SMARTS) is 1. The smallest absolute Gasteiger partial charge is 0.303 e. The van der Waals surface area contributed by atoms with Crippen LogP contribution < -0.4 is 16.4 Å². The van der Waals surface area contributed by atoms with Gasteiger partial charge in [0.25, 0.3) is 0 Å². The predicted octanol–water partition coefficient (Wildman–Crippen LogP) is 3.49. The van der Waals surface area contributed by atoms with Gasteiger partial charge < -0.3 is 35.7 Å². The molecule has 0 fully saturated rings. The van der Waals surface area contributed by atoms with Crippen molar-refractivity contribution < 1.29 is 33.8 Å². The number of ether oxygens (including phenoxy) is 2. The molecule has 0 aliphatic heterocycles. The Kier molecular flexibility index (Phi) is 26.5. The minimum atomic E-state index is -0.696. The third kappa shape index (κ3) is 28.5. The van der Waals surface area contributed by atoms with Gasteiger partial charge in [-0.1, -0.05) is 64.2 Å². The van der Waals surface area contributed by atoms with E-state index in [2.05, 4.69) is 10.6 Å². The Balaban J connectivity index is 3.28. The van der Waals surface area contributed by atoms with Gasteiger partial charge in [0, 0.05) is 25.9 Å². The van der Waals surface area contributed by atoms with Gasteiger partial charge in [-0.25, -0.2) is 0 Å². The van der Waals surface area contributed by atoms with Gasteiger partial charge in [-0.3, -0.25) is 14.4 Å². The van der Waals surface area contributed by atoms with E-state index in [1.54, 1.807) is 0 Å². The molecule has 0 aliphatic carbocycles. The van der Waals surface area contributed by atoms with Crippen LogP contribution in [0.2, 0.25) is 0 Å². The zero-order valence-electron chi connectivity index (χ0n) is 23.4. The lowest BCUT2D eigenvalue weighted by molar-refractivity contribution is -0.137. The first kappa shape index (κ1) is 36.0. The van der Waals surface area contributed by atoms with Crippen LogP contribution in [0, 0.1) is 0 Å². The summed E-state index contributed by atoms with van der Waals surface area (Å²) in [6.07, 6.45) is 17.3. The number of hydrogen-bond donors (Lipinski definition) is 4. The van der Waals surface area contributed by atoms with Crippen molar-refractivity contribution in [3.8, 4) is 0 Å². The molecule has 38 heavy (non-hydrogen) atoms. The molecule has 0 bridgehead atoms. The molecule has 0 aliphatic rings. The summed E-state index contributed by atoms with van der Waals surface area (Å²) in [6.45, 7) is 2.05. The second kappa shape index (κ2) is 28.0. The molecule has 0 spiro atoms. The number of nitrogens with two attached hydrogens (primary N) is 1. The summed E-state index contributed by atoms with van der Waals surface area (Å²) in [5, 5.41) is 14.2. The SMILES string of the molecule is N[C@H](C=O)CCCCNC(=O)COCCOCCNC(=O)CCCCCCCCCCCCCCC(=O)O. The molecule has 0 saturated carbocycles. The van der Waals surface area contributed by atoms with E-state index < -0.39 is 12.0 Å². The van der Waals surface area contributed by atoms with Crippen molar-refractivity contribution in [2.24, 2.45) is 5.73 Å². The van der Waals surface area contributed by atoms with Crippen LogP contribution in [0.4, 0.5) is 0 Å². The maximum Gasteiger partial charge on any atom is 0.303 e. The third-order valence-corrected chi connectivity index (χ3v) is 6.18. The number of rotatable bonds is 29. The number of nitrogens with one attached hydrogen (secondary N) is 2. The molecule has 222 valence electrons. The summed E-state index contributed by atoms with van der Waals surface area (Å²) in [6, 6.07) is -0.425. The van der Waals surface area contributed by atoms with Gasteiger partial charge in [0.05, 0.1) is 25.9 Å². The van der Waals surface area contributed by atoms with Crippen LogP contribution in [0.25, 0.3) is 0 Å². The zero-order valence-corrected chi connectivity index (χ0v) is 23.4. The molecule has 10 heteroatoms. The quantitative estimate of drug-likeness (QED) is 0.0825. The fraction of sp³-hybridized carbons (Fsp3) is 0.857. The zero-order chi connectivity index (χ0) is 28.1. The van der Waals surface area contributed by atoms with Crippen LogP contribution in [-0.2, 0) is 28.7 Å². The predicted molar refractivity (Wildman–Crippen MR) is 148 cm³/mol. The monoisotopic (exact) mass is 543 g/mol. The van der Waals surface area contributed by atoms with Gasteiger partial charge in [-0.2, -0.15) is 0 Å². The maximum absolute atomic E-state index is 11.9. The number of aliphatic carboxylic acids is 1. The summed E-state index contributed by atoms with van der Waals surface area (Å²) in [7, 11) is 0. The lowest BCUT2D eigenvalue weighted by Crippen LogP contribution is -2.30. The van der Waals surface area contributed by atoms with Gasteiger partial charge in [0.1, 0.15) is 12.9 Å². The Morgan fingerprint density at radius 1 is 0.658 bits per heavy atom. The second-order valence-electron chi connectivity index (χ2n) is 9.80. The molecule has 0 aromatic carbocycles. The van der Waals surface area contributed by atoms with E-state index in [9.17, 15) is 19.2 Å². The van der Waals surface area contributed by atoms with Crippen molar-refractivity contribution in [1.82, 2.24) is 10.6 Å². The molecular formula is C28H53N3O7. The molecule has 0 aromatic heterocycles. The fourth-order valence-corrected chi connectivity index (χ4v) is 3.92. The Hall–Kier alpha value is -2.04. The second-order valence-corrected chi connectivity index (χ2v) is 9.80. The number of carboxylic acids is 1. The molecule has 0 saturated heterocycles. The van der Waals surface area contributed by atoms with Gasteiger partial charge >= 0.3 is 5.97 Å². The van der Waals surface area contributed by atoms with Crippen molar-refractivity contribution in [2.75, 3.05) is 39.5 Å². The standard InChI is InChI=1S/C28H53N3O7/c29-25(23-32)15-13-14-18-30-27(34)24-38-22-21-37-20-19-31-26(33)16-11-9-7-5-3-1-2-4-6-8-10-12-17-28(35)36/h23,25H,1-22,24,29H2,(H,30,34)(H,31,33)(H,35,36)/t25-/m0/s1. The fourth-order valence-electron chi connectivity index (χ4n) is 3.92. The van der Waals surface area contributed by atoms with Crippen LogP contribution in [0.1, 0.15) is 109 Å². The van der Waals surface area contributed by atoms with E-state index in [-0.39, 0.29) is 18.4 Å². The van der Waals surface area contributed by atoms with E-state index in [0.29, 0.717) is 52.2 Å². The molecule has 5 N–H and O–H groups in total. The number of aldehydes is 1. The summed E-state index contributed by atoms with van der Waals surface area (Å²) < 4.78 is 10.7. The van der Waals surface area contributed by atoms with Crippen LogP contribution >= 0.6 is 0 Å². The highest BCUT2D eigenvalue weighted by Gasteiger charge is 2.03. The normalized spacial score (nSPS) is 11.7. The number of hydrogen-bond acceptors (Lipinski definition) is 7. The Labute approximate surface area is 229 Å². The van der Waals surface area contributed by atoms with Crippen molar-refractivity contribution in [1.29, 1.82) is 0 Å². The van der Waals surface area contributed by atoms with E-state index in [4.69, 9.17) is 20.3 Å². The molecule has 2 amide bonds. The van der Waals surface area contributed by atoms with Crippen LogP contribution in [0.15, 0.2) is 0 Å². The number of amides is 2. The molecule has 0 rings (SSSR count). The van der Waals surface area contributed by atoms with E-state index in [1.165, 1.54) is 44.9 Å². The van der Waals surface area contributed by atoms with Crippen LogP contribution in [-0.4, -0.2) is 74.7 Å². The molecule has 0 aromatic rings. The molecule has 0 heterocycles. The molecular weight excluding hydrogens is 490 g/mol. The first-order valence-electron chi connectivity index (χ1n) is 14.6. The van der Waals surface area contributed by atoms with Crippen molar-refractivity contribution >= 4 is 24.1 Å². The van der Waals surface area contributed by atoms with E-state index in [1.807, 2.05) is 0 Å². The van der Waals surface area contributed by atoms with E-state index in [0.717, 1.165) is 51.2 Å². The minimum Gasteiger partial charge on any atom is -0.481 e. The highest BCUT2D eigenvalue weighted by Crippen LogP contribution is 2.13. The lowest BCUT2D eigenvalue weighted by Gasteiger charge is -2.08. The average molecular weight is 544 g/mol. The Morgan fingerprint density at radius 3 is 1.76 bits per heavy atom. The van der Waals surface area contributed by atoms with E-state index >= 15 is 0 Å². The topological polar surface area (TPSA) is 157 Å². The van der Waals surface area contributed by atoms with Gasteiger partial charge in [-0.05, 0) is 32.1 Å². The first-order valence-corrected chi connectivity index (χ1v) is 14.6. The lowest BCUT2D eigenvalue weighted by atomic mass is 10.0. The van der Waals surface area contributed by atoms with Crippen molar-refractivity contribution in [3.05, 3.63) is 0 Å². The van der Waals surface area contributed by atoms with Gasteiger partial charge in [0.15, 0.2) is 0 Å². The maximum atomic E-state index is 11.9. The minimum absolute atomic E-state index is 0.0223. The van der Waals surface area contributed by atoms with Crippen LogP contribution in [0.5, 0.6) is 0 Å². The van der Waals surface area contributed by atoms with Gasteiger partial charge in [-0.15, -0.1) is 0 Å². The Bertz CT molecular complexity index is 605. The summed E-state index contributed by atoms with van der Waals surface area (Å²) in [4.78, 5) is 44.4. The highest BCUT2D eigenvalue weighted by atomic mass is 16.5. The average Bonchev–Trinajstić information content (AvgIpc) is 2.89. The summed E-state index contributed by atoms with van der Waals surface area (Å²) in [5.41, 5.74) is 5.50. The number of carbonyl (C=O) groups is 4. The molecule has 1 atom stereocenters. The van der Waals surface area contributed by atoms with Gasteiger partial charge in [0.2, 0.25) is 11.8 Å². The molecule has 0 radical (unpaired) electrons. The number of unbranched alkanes of at least 4 members (excludes halogenated alkanes) is 12. The number of carbonyl (C=O) groups excluding carboxylic acids is 3. The van der Waals surface area contributed by atoms with Crippen LogP contribution in [0.3, 0.4) is 0 Å². The third-order valence-electron chi connectivity index (χ3n) is 6.18. The van der Waals surface area contributed by atoms with Crippen molar-refractivity contribution in [2.45, 2.75) is 115 Å². The van der Waals surface area contributed by atoms with Crippen molar-refractivity contribution in [3.63, 3.8) is 0 Å². The summed E-state index contributed by atoms with van der Waals surface area (Å²) >= 11 is 0. The highest BCUT2D eigenvalue weighted by molar-refractivity contribution is 5.77.